The van der Waals surface area contributed by atoms with Crippen LogP contribution in [0.5, 0.6) is 5.75 Å². The van der Waals surface area contributed by atoms with Crippen LogP contribution in [0.3, 0.4) is 0 Å². The van der Waals surface area contributed by atoms with Crippen LogP contribution in [0, 0.1) is 0 Å². The molecule has 0 amide bonds. The van der Waals surface area contributed by atoms with Crippen molar-refractivity contribution in [3.8, 4) is 5.75 Å². The molecule has 0 aliphatic rings. The molecule has 0 bridgehead atoms. The van der Waals surface area contributed by atoms with E-state index in [4.69, 9.17) is 4.74 Å². The van der Waals surface area contributed by atoms with E-state index in [1.807, 2.05) is 26.1 Å². The van der Waals surface area contributed by atoms with Crippen molar-refractivity contribution >= 4 is 0 Å². The minimum absolute atomic E-state index is 0.721. The molecule has 1 N–H and O–H groups in total. The Kier molecular flexibility index (Phi) is 5.90. The Morgan fingerprint density at radius 1 is 1.38 bits per heavy atom. The Bertz CT molecular complexity index is 302. The van der Waals surface area contributed by atoms with Gasteiger partial charge in [-0.2, -0.15) is 0 Å². The van der Waals surface area contributed by atoms with E-state index in [1.54, 1.807) is 0 Å². The van der Waals surface area contributed by atoms with E-state index in [-0.39, 0.29) is 0 Å². The molecule has 0 spiro atoms. The fourth-order valence-corrected chi connectivity index (χ4v) is 1.59. The summed E-state index contributed by atoms with van der Waals surface area (Å²) in [4.78, 5) is 2.29. The van der Waals surface area contributed by atoms with E-state index in [2.05, 4.69) is 29.4 Å². The van der Waals surface area contributed by atoms with Crippen molar-refractivity contribution in [3.63, 3.8) is 0 Å². The van der Waals surface area contributed by atoms with Gasteiger partial charge in [-0.15, -0.1) is 0 Å². The van der Waals surface area contributed by atoms with Crippen molar-refractivity contribution in [1.82, 2.24) is 10.2 Å². The largest absolute Gasteiger partial charge is 0.494 e. The molecule has 1 rings (SSSR count). The van der Waals surface area contributed by atoms with E-state index in [1.165, 1.54) is 5.56 Å². The van der Waals surface area contributed by atoms with Gasteiger partial charge in [0.05, 0.1) is 6.61 Å². The van der Waals surface area contributed by atoms with Gasteiger partial charge in [-0.3, -0.25) is 0 Å². The highest BCUT2D eigenvalue weighted by Crippen LogP contribution is 2.14. The van der Waals surface area contributed by atoms with Gasteiger partial charge in [0, 0.05) is 19.6 Å². The zero-order valence-corrected chi connectivity index (χ0v) is 10.5. The lowest BCUT2D eigenvalue weighted by molar-refractivity contribution is 0.323. The average molecular weight is 222 g/mol. The highest BCUT2D eigenvalue weighted by Gasteiger charge is 2.01. The van der Waals surface area contributed by atoms with Gasteiger partial charge in [0.25, 0.3) is 0 Å². The van der Waals surface area contributed by atoms with Crippen LogP contribution in [0.15, 0.2) is 24.3 Å². The van der Waals surface area contributed by atoms with Gasteiger partial charge >= 0.3 is 0 Å². The molecule has 1 aromatic rings. The summed E-state index contributed by atoms with van der Waals surface area (Å²) in [6.07, 6.45) is 0. The number of nitrogens with one attached hydrogen (secondary N) is 1. The Hall–Kier alpha value is -1.06. The number of likely N-dealkylation sites (N-methyl/N-ethyl adjacent to an activating group) is 2. The van der Waals surface area contributed by atoms with Crippen molar-refractivity contribution in [2.24, 2.45) is 0 Å². The molecule has 0 radical (unpaired) electrons. The second-order valence-electron chi connectivity index (χ2n) is 3.92. The van der Waals surface area contributed by atoms with Gasteiger partial charge in [-0.25, -0.2) is 0 Å². The number of ether oxygens (including phenoxy) is 1. The topological polar surface area (TPSA) is 24.5 Å². The second kappa shape index (κ2) is 7.25. The Morgan fingerprint density at radius 2 is 2.19 bits per heavy atom. The van der Waals surface area contributed by atoms with Gasteiger partial charge in [-0.1, -0.05) is 12.1 Å². The first kappa shape index (κ1) is 13.0. The molecule has 0 aliphatic heterocycles. The Morgan fingerprint density at radius 3 is 2.88 bits per heavy atom. The zero-order chi connectivity index (χ0) is 11.8. The summed E-state index contributed by atoms with van der Waals surface area (Å²) in [5, 5.41) is 3.15. The van der Waals surface area contributed by atoms with Gasteiger partial charge in [-0.05, 0) is 38.7 Å². The molecule has 0 saturated carbocycles. The fraction of sp³-hybridized carbons (Fsp3) is 0.538. The molecule has 0 aliphatic carbocycles. The second-order valence-corrected chi connectivity index (χ2v) is 3.92. The van der Waals surface area contributed by atoms with E-state index in [0.29, 0.717) is 0 Å². The Labute approximate surface area is 98.4 Å². The smallest absolute Gasteiger partial charge is 0.119 e. The molecule has 0 saturated heterocycles. The lowest BCUT2D eigenvalue weighted by Crippen LogP contribution is -2.26. The van der Waals surface area contributed by atoms with E-state index < -0.39 is 0 Å². The predicted molar refractivity (Wildman–Crippen MR) is 67.9 cm³/mol. The maximum atomic E-state index is 5.48. The summed E-state index contributed by atoms with van der Waals surface area (Å²) in [6.45, 7) is 5.75. The number of hydrogen-bond acceptors (Lipinski definition) is 3. The maximum absolute atomic E-state index is 5.48. The number of hydrogen-bond donors (Lipinski definition) is 1. The third-order valence-electron chi connectivity index (χ3n) is 2.41. The van der Waals surface area contributed by atoms with Crippen LogP contribution in [0.25, 0.3) is 0 Å². The lowest BCUT2D eigenvalue weighted by Gasteiger charge is -2.16. The zero-order valence-electron chi connectivity index (χ0n) is 10.5. The summed E-state index contributed by atoms with van der Waals surface area (Å²) < 4.78 is 5.48. The molecule has 0 heterocycles. The first-order valence-electron chi connectivity index (χ1n) is 5.81. The molecular weight excluding hydrogens is 200 g/mol. The van der Waals surface area contributed by atoms with Gasteiger partial charge in [0.2, 0.25) is 0 Å². The SMILES string of the molecule is CCOc1cccc(CN(C)CCNC)c1. The molecule has 3 nitrogen and oxygen atoms in total. The molecule has 16 heavy (non-hydrogen) atoms. The van der Waals surface area contributed by atoms with Crippen LogP contribution in [-0.2, 0) is 6.54 Å². The third-order valence-corrected chi connectivity index (χ3v) is 2.41. The van der Waals surface area contributed by atoms with E-state index in [0.717, 1.165) is 32.0 Å². The Balaban J connectivity index is 2.49. The van der Waals surface area contributed by atoms with Crippen molar-refractivity contribution in [1.29, 1.82) is 0 Å². The molecule has 0 aromatic heterocycles. The van der Waals surface area contributed by atoms with Crippen LogP contribution in [0.4, 0.5) is 0 Å². The summed E-state index contributed by atoms with van der Waals surface area (Å²) in [6, 6.07) is 8.30. The highest BCUT2D eigenvalue weighted by atomic mass is 16.5. The number of nitrogens with zero attached hydrogens (tertiary/aromatic N) is 1. The normalized spacial score (nSPS) is 10.8. The molecule has 90 valence electrons. The molecule has 3 heteroatoms. The van der Waals surface area contributed by atoms with E-state index >= 15 is 0 Å². The maximum Gasteiger partial charge on any atom is 0.119 e. The summed E-state index contributed by atoms with van der Waals surface area (Å²) in [5.74, 6) is 0.960. The van der Waals surface area contributed by atoms with Gasteiger partial charge in [0.15, 0.2) is 0 Å². The summed E-state index contributed by atoms with van der Waals surface area (Å²) >= 11 is 0. The minimum Gasteiger partial charge on any atom is -0.494 e. The van der Waals surface area contributed by atoms with Crippen molar-refractivity contribution < 1.29 is 4.74 Å². The van der Waals surface area contributed by atoms with Crippen molar-refractivity contribution in [2.45, 2.75) is 13.5 Å². The molecule has 0 fully saturated rings. The van der Waals surface area contributed by atoms with Gasteiger partial charge < -0.3 is 15.0 Å². The lowest BCUT2D eigenvalue weighted by atomic mass is 10.2. The van der Waals surface area contributed by atoms with Crippen LogP contribution in [0.2, 0.25) is 0 Å². The quantitative estimate of drug-likeness (QED) is 0.760. The highest BCUT2D eigenvalue weighted by molar-refractivity contribution is 5.28. The average Bonchev–Trinajstić information content (AvgIpc) is 2.27. The molecule has 0 unspecified atom stereocenters. The molecule has 0 atom stereocenters. The van der Waals surface area contributed by atoms with Crippen LogP contribution in [0.1, 0.15) is 12.5 Å². The predicted octanol–water partition coefficient (Wildman–Crippen LogP) is 1.74. The van der Waals surface area contributed by atoms with Crippen LogP contribution in [-0.4, -0.2) is 38.7 Å². The summed E-state index contributed by atoms with van der Waals surface area (Å²) in [7, 11) is 4.11. The molecular formula is C13H22N2O. The standard InChI is InChI=1S/C13H22N2O/c1-4-16-13-7-5-6-12(10-13)11-15(3)9-8-14-2/h5-7,10,14H,4,8-9,11H2,1-3H3. The van der Waals surface area contributed by atoms with Crippen LogP contribution < -0.4 is 10.1 Å². The van der Waals surface area contributed by atoms with Gasteiger partial charge in [0.1, 0.15) is 5.75 Å². The number of rotatable bonds is 7. The molecule has 1 aromatic carbocycles. The number of benzene rings is 1. The minimum atomic E-state index is 0.721. The van der Waals surface area contributed by atoms with E-state index in [9.17, 15) is 0 Å². The monoisotopic (exact) mass is 222 g/mol. The third kappa shape index (κ3) is 4.64. The fourth-order valence-electron chi connectivity index (χ4n) is 1.59. The van der Waals surface area contributed by atoms with Crippen LogP contribution >= 0.6 is 0 Å². The summed E-state index contributed by atoms with van der Waals surface area (Å²) in [5.41, 5.74) is 1.30. The first-order chi connectivity index (χ1) is 7.76. The first-order valence-corrected chi connectivity index (χ1v) is 5.81. The van der Waals surface area contributed by atoms with Crippen molar-refractivity contribution in [2.75, 3.05) is 33.8 Å². The van der Waals surface area contributed by atoms with Crippen molar-refractivity contribution in [3.05, 3.63) is 29.8 Å².